The van der Waals surface area contributed by atoms with Gasteiger partial charge in [0.2, 0.25) is 41.3 Å². The maximum absolute atomic E-state index is 15.1. The minimum Gasteiger partial charge on any atom is -0.508 e. The van der Waals surface area contributed by atoms with Gasteiger partial charge in [0.15, 0.2) is 33.2 Å². The number of amides is 6. The fraction of sp³-hybridized carbons (Fsp3) is 0.442. The Morgan fingerprint density at radius 3 is 1.79 bits per heavy atom. The van der Waals surface area contributed by atoms with Crippen LogP contribution in [0.3, 0.4) is 0 Å². The standard InChI is InChI=1S/C77H95N17O29P2S2/c1-46(74(102)91-48-4-2-47(3-5-48)41-127-125(109,119-35-52-9-13-66(120-52)93-44-88-69-71(78)84-42-85-72(69)93)123-59-33-67(122-60(59)36-118-124(106,107)108)94-45-89-70-73(94)86-43-87-75(70)103)90-61(97)34-83-65(101)40-117-29-24-112-20-16-81-63(99)38-115-27-22-110-18-14-79-62(98)37-114-26-23-111-19-15-80-64(100)39-116-28-25-113-21-17-82-77(126)92-49-6-10-53(56(30-49)76(104)105)68-54-11-7-50(95)31-57(54)121-58-32-51(96)8-12-55(58)68/h2-8,10-12,30-32,42-46,52,59-60,66-67,95H,9,13-29,33-41H2,1H3,(H,79,98)(H,80,100)(H,81,99)(H,83,101)(H,90,97)(H,91,102)(H,104,105)(H2,78,84,85)(H2,82,92,126)(H,86,87,103)(H2,106,107,108)/t46-,52-,59-,60+,66+,67+,125?/m0/s1. The smallest absolute Gasteiger partial charge is 0.469 e. The normalized spacial score (nSPS) is 16.4. The molecule has 1 aliphatic carbocycles. The fourth-order valence-corrected chi connectivity index (χ4v) is 16.6. The number of phenols is 1. The first-order valence-corrected chi connectivity index (χ1v) is 44.7. The van der Waals surface area contributed by atoms with E-state index in [1.807, 2.05) is 0 Å². The number of aromatic carboxylic acids is 1. The van der Waals surface area contributed by atoms with Crippen LogP contribution in [0.15, 0.2) is 113 Å². The Morgan fingerprint density at radius 1 is 0.598 bits per heavy atom. The maximum atomic E-state index is 15.1. The van der Waals surface area contributed by atoms with Crippen LogP contribution in [0.2, 0.25) is 0 Å². The molecule has 3 aliphatic heterocycles. The molecule has 7 atom stereocenters. The fourth-order valence-electron chi connectivity index (χ4n) is 12.6. The SMILES string of the molecule is C[C@H](NC(=O)CNC(=O)COCCOCCNC(=O)COCCOCCNC(=O)COCCOCCNC(=O)COCCOCCNC(=S)Nc1ccc(-c2c3ccc(=O)cc-3oc3cc(O)ccc23)c(C(=O)O)c1)C(=O)Nc1ccc(CSP(=O)(OC[C@@H]2CC[C@H](n3cnc4c(N)ncnc43)O2)O[C@H]2C[C@H](n3cnc4c(O)ncnc43)O[C@@H]2COP(=O)(O)O)cc1. The number of benzene rings is 4. The number of nitrogens with zero attached hydrogens (tertiary/aromatic N) is 8. The van der Waals surface area contributed by atoms with Gasteiger partial charge in [-0.1, -0.05) is 18.2 Å². The van der Waals surface area contributed by atoms with Crippen molar-refractivity contribution in [3.63, 3.8) is 0 Å². The molecule has 2 fully saturated rings. The average Bonchev–Trinajstić information content (AvgIpc) is 1.76. The lowest BCUT2D eigenvalue weighted by atomic mass is 9.90. The van der Waals surface area contributed by atoms with Gasteiger partial charge in [-0.15, -0.1) is 0 Å². The third-order valence-electron chi connectivity index (χ3n) is 18.6. The number of carbonyl (C=O) groups excluding carboxylic acids is 6. The number of phosphoric ester groups is 1. The number of hydrogen-bond acceptors (Lipinski definition) is 35. The Balaban J connectivity index is 0.461. The van der Waals surface area contributed by atoms with Crippen LogP contribution in [-0.4, -0.2) is 287 Å². The Morgan fingerprint density at radius 2 is 1.17 bits per heavy atom. The first-order valence-electron chi connectivity index (χ1n) is 39.6. The van der Waals surface area contributed by atoms with E-state index in [1.165, 1.54) is 60.8 Å². The second-order valence-electron chi connectivity index (χ2n) is 27.9. The minimum absolute atomic E-state index is 0.0114. The molecule has 15 N–H and O–H groups in total. The molecule has 0 saturated carbocycles. The zero-order valence-electron chi connectivity index (χ0n) is 68.3. The van der Waals surface area contributed by atoms with Crippen molar-refractivity contribution in [3.8, 4) is 34.1 Å². The topological polar surface area (TPSA) is 614 Å². The molecule has 4 aliphatic rings. The predicted molar refractivity (Wildman–Crippen MR) is 455 cm³/mol. The van der Waals surface area contributed by atoms with Gasteiger partial charge in [-0.25, -0.2) is 38.8 Å². The summed E-state index contributed by atoms with van der Waals surface area (Å²) in [6.45, 7) is -2.65. The quantitative estimate of drug-likeness (QED) is 0.0113. The van der Waals surface area contributed by atoms with Gasteiger partial charge in [-0.2, -0.15) is 4.98 Å². The lowest BCUT2D eigenvalue weighted by Gasteiger charge is -2.25. The number of ether oxygens (including phenoxy) is 10. The zero-order valence-corrected chi connectivity index (χ0v) is 71.7. The summed E-state index contributed by atoms with van der Waals surface area (Å²) >= 11 is 6.21. The summed E-state index contributed by atoms with van der Waals surface area (Å²) < 4.78 is 109. The average molecular weight is 1850 g/mol. The van der Waals surface area contributed by atoms with Crippen LogP contribution >= 0.6 is 38.2 Å². The second-order valence-corrected chi connectivity index (χ2v) is 33.6. The molecule has 684 valence electrons. The number of nitrogens with one attached hydrogen (secondary N) is 8. The molecule has 127 heavy (non-hydrogen) atoms. The molecule has 3 aromatic carbocycles. The summed E-state index contributed by atoms with van der Waals surface area (Å²) in [5.41, 5.74) is 9.69. The van der Waals surface area contributed by atoms with Crippen LogP contribution in [0.4, 0.5) is 17.2 Å². The van der Waals surface area contributed by atoms with Gasteiger partial charge in [-0.05, 0) is 103 Å². The summed E-state index contributed by atoms with van der Waals surface area (Å²) in [7, 11) is -5.05. The van der Waals surface area contributed by atoms with Gasteiger partial charge in [-0.3, -0.25) is 56.3 Å². The monoisotopic (exact) mass is 1850 g/mol. The molecule has 2 saturated heterocycles. The van der Waals surface area contributed by atoms with Crippen molar-refractivity contribution in [1.29, 1.82) is 0 Å². The van der Waals surface area contributed by atoms with E-state index in [4.69, 9.17) is 83.3 Å². The molecule has 46 nitrogen and oxygen atoms in total. The Hall–Kier alpha value is -11.0. The molecular weight excluding hydrogens is 1750 g/mol. The Bertz CT molecular complexity index is 5390. The van der Waals surface area contributed by atoms with Crippen molar-refractivity contribution < 1.29 is 133 Å². The molecule has 0 spiro atoms. The molecule has 11 rings (SSSR count). The van der Waals surface area contributed by atoms with Crippen LogP contribution < -0.4 is 53.7 Å². The third-order valence-corrected chi connectivity index (χ3v) is 23.1. The number of carbonyl (C=O) groups is 7. The third kappa shape index (κ3) is 30.1. The number of anilines is 3. The van der Waals surface area contributed by atoms with Gasteiger partial charge in [0.25, 0.3) is 0 Å². The van der Waals surface area contributed by atoms with Crippen LogP contribution in [0, 0.1) is 0 Å². The van der Waals surface area contributed by atoms with E-state index >= 15 is 4.57 Å². The highest BCUT2D eigenvalue weighted by molar-refractivity contribution is 8.54. The van der Waals surface area contributed by atoms with Gasteiger partial charge in [0.1, 0.15) is 92.4 Å². The van der Waals surface area contributed by atoms with Crippen molar-refractivity contribution >= 4 is 135 Å². The van der Waals surface area contributed by atoms with Gasteiger partial charge in [0.05, 0.1) is 123 Å². The first-order chi connectivity index (χ1) is 61.2. The summed E-state index contributed by atoms with van der Waals surface area (Å²) in [5.74, 6) is -4.23. The number of aromatic hydroxyl groups is 2. The van der Waals surface area contributed by atoms with E-state index < -0.39 is 107 Å². The maximum Gasteiger partial charge on any atom is 0.469 e. The lowest BCUT2D eigenvalue weighted by molar-refractivity contribution is -0.130. The molecule has 6 amide bonds. The molecule has 1 unspecified atom stereocenters. The predicted octanol–water partition coefficient (Wildman–Crippen LogP) is 2.78. The number of phenolic OH excluding ortho intramolecular Hbond substituents is 1. The van der Waals surface area contributed by atoms with E-state index in [1.54, 1.807) is 53.1 Å². The number of rotatable bonds is 53. The number of fused-ring (bicyclic) bond motifs is 4. The van der Waals surface area contributed by atoms with Crippen LogP contribution in [0.1, 0.15) is 54.6 Å². The van der Waals surface area contributed by atoms with E-state index in [-0.39, 0.29) is 200 Å². The largest absolute Gasteiger partial charge is 0.508 e. The van der Waals surface area contributed by atoms with E-state index in [0.29, 0.717) is 69.6 Å². The molecular formula is C77H95N17O29P2S2. The number of phosphoric acid groups is 1. The molecule has 7 heterocycles. The number of hydrogen-bond donors (Lipinski definition) is 14. The molecule has 0 radical (unpaired) electrons. The number of nitrogen functional groups attached to an aromatic ring is 1. The summed E-state index contributed by atoms with van der Waals surface area (Å²) in [6, 6.07) is 18.8. The van der Waals surface area contributed by atoms with E-state index in [0.717, 1.165) is 17.7 Å². The van der Waals surface area contributed by atoms with Crippen molar-refractivity contribution in [2.24, 2.45) is 0 Å². The second kappa shape index (κ2) is 48.3. The molecule has 50 heteroatoms. The molecule has 0 bridgehead atoms. The zero-order chi connectivity index (χ0) is 90.2. The highest BCUT2D eigenvalue weighted by atomic mass is 32.7. The molecule has 4 aromatic heterocycles. The number of nitrogens with two attached hydrogens (primary N) is 1. The number of imidazole rings is 2. The summed E-state index contributed by atoms with van der Waals surface area (Å²) in [6.07, 6.45) is 1.61. The first kappa shape index (κ1) is 96.7. The van der Waals surface area contributed by atoms with Gasteiger partial charge >= 0.3 is 20.6 Å². The molecule has 7 aromatic rings. The lowest BCUT2D eigenvalue weighted by Crippen LogP contribution is -2.46. The Labute approximate surface area is 732 Å². The number of carboxylic acids is 1. The number of aromatic nitrogens is 8. The van der Waals surface area contributed by atoms with E-state index in [2.05, 4.69) is 72.4 Å². The van der Waals surface area contributed by atoms with Gasteiger partial charge < -0.3 is 125 Å². The van der Waals surface area contributed by atoms with E-state index in [9.17, 15) is 68.0 Å². The van der Waals surface area contributed by atoms with Crippen LogP contribution in [0.5, 0.6) is 11.6 Å². The summed E-state index contributed by atoms with van der Waals surface area (Å²) in [4.78, 5) is 144. The highest BCUT2D eigenvalue weighted by Crippen LogP contribution is 2.64. The minimum atomic E-state index is -5.05. The summed E-state index contributed by atoms with van der Waals surface area (Å²) in [5, 5.41) is 53.0. The van der Waals surface area contributed by atoms with Crippen molar-refractivity contribution in [3.05, 3.63) is 126 Å². The van der Waals surface area contributed by atoms with Crippen molar-refractivity contribution in [2.45, 2.75) is 68.7 Å². The Kier molecular flexibility index (Phi) is 36.7. The van der Waals surface area contributed by atoms with Gasteiger partial charge in [0, 0.05) is 78.4 Å². The van der Waals surface area contributed by atoms with Crippen molar-refractivity contribution in [1.82, 2.24) is 70.9 Å². The van der Waals surface area contributed by atoms with Crippen LogP contribution in [-0.2, 0) is 105 Å². The highest BCUT2D eigenvalue weighted by Gasteiger charge is 2.45. The number of carboxylic acid groups (broad SMARTS) is 1. The van der Waals surface area contributed by atoms with Crippen molar-refractivity contribution in [2.75, 3.05) is 168 Å². The van der Waals surface area contributed by atoms with Crippen LogP contribution in [0.25, 0.3) is 55.7 Å². The number of thiocarbonyl (C=S) groups is 1.